The molecule has 110 valence electrons. The molecule has 0 atom stereocenters. The molecule has 1 aromatic heterocycles. The zero-order chi connectivity index (χ0) is 14.8. The first-order valence-corrected chi connectivity index (χ1v) is 7.57. The van der Waals surface area contributed by atoms with Crippen LogP contribution in [-0.4, -0.2) is 15.8 Å². The molecule has 1 aromatic carbocycles. The van der Waals surface area contributed by atoms with E-state index in [0.717, 1.165) is 23.2 Å². The third-order valence-electron chi connectivity index (χ3n) is 3.95. The summed E-state index contributed by atoms with van der Waals surface area (Å²) >= 11 is 0. The van der Waals surface area contributed by atoms with E-state index >= 15 is 0 Å². The van der Waals surface area contributed by atoms with E-state index in [0.29, 0.717) is 12.6 Å². The van der Waals surface area contributed by atoms with Gasteiger partial charge in [-0.1, -0.05) is 31.2 Å². The lowest BCUT2D eigenvalue weighted by Crippen LogP contribution is -2.28. The van der Waals surface area contributed by atoms with Crippen molar-refractivity contribution in [2.75, 3.05) is 0 Å². The Bertz CT molecular complexity index is 684. The van der Waals surface area contributed by atoms with Gasteiger partial charge in [-0.15, -0.1) is 0 Å². The smallest absolute Gasteiger partial charge is 0.271 e. The van der Waals surface area contributed by atoms with Crippen LogP contribution in [0.2, 0.25) is 0 Å². The normalized spacial score (nSPS) is 14.4. The first kappa shape index (κ1) is 14.0. The first-order valence-electron chi connectivity index (χ1n) is 7.57. The van der Waals surface area contributed by atoms with Crippen molar-refractivity contribution in [2.24, 2.45) is 7.05 Å². The van der Waals surface area contributed by atoms with Crippen LogP contribution < -0.4 is 10.9 Å². The lowest BCUT2D eigenvalue weighted by atomic mass is 10.1. The maximum atomic E-state index is 12.1. The predicted octanol–water partition coefficient (Wildman–Crippen LogP) is 2.26. The largest absolute Gasteiger partial charge is 0.310 e. The maximum Gasteiger partial charge on any atom is 0.271 e. The van der Waals surface area contributed by atoms with Crippen LogP contribution in [0.3, 0.4) is 0 Å². The van der Waals surface area contributed by atoms with E-state index < -0.39 is 0 Å². The fraction of sp³-hybridized carbons (Fsp3) is 0.412. The molecule has 1 heterocycles. The number of rotatable bonds is 5. The summed E-state index contributed by atoms with van der Waals surface area (Å²) in [7, 11) is 1.72. The summed E-state index contributed by atoms with van der Waals surface area (Å²) in [6.07, 6.45) is 3.46. The van der Waals surface area contributed by atoms with E-state index in [-0.39, 0.29) is 5.56 Å². The van der Waals surface area contributed by atoms with E-state index in [9.17, 15) is 4.79 Å². The third-order valence-corrected chi connectivity index (χ3v) is 3.95. The molecule has 0 aliphatic heterocycles. The van der Waals surface area contributed by atoms with E-state index in [2.05, 4.69) is 41.6 Å². The molecule has 1 saturated carbocycles. The van der Waals surface area contributed by atoms with E-state index in [1.807, 2.05) is 6.07 Å². The Morgan fingerprint density at radius 2 is 2.00 bits per heavy atom. The molecule has 1 aliphatic rings. The molecule has 21 heavy (non-hydrogen) atoms. The van der Waals surface area contributed by atoms with E-state index in [4.69, 9.17) is 0 Å². The maximum absolute atomic E-state index is 12.1. The van der Waals surface area contributed by atoms with Crippen LogP contribution in [0.15, 0.2) is 35.1 Å². The summed E-state index contributed by atoms with van der Waals surface area (Å²) < 4.78 is 1.44. The van der Waals surface area contributed by atoms with Crippen LogP contribution in [0.5, 0.6) is 0 Å². The second-order valence-corrected chi connectivity index (χ2v) is 5.69. The van der Waals surface area contributed by atoms with Gasteiger partial charge in [0.2, 0.25) is 0 Å². The van der Waals surface area contributed by atoms with Crippen molar-refractivity contribution in [1.82, 2.24) is 15.1 Å². The molecular weight excluding hydrogens is 262 g/mol. The number of hydrogen-bond donors (Lipinski definition) is 1. The van der Waals surface area contributed by atoms with E-state index in [1.54, 1.807) is 7.05 Å². The highest BCUT2D eigenvalue weighted by molar-refractivity contribution is 5.59. The lowest BCUT2D eigenvalue weighted by molar-refractivity contribution is 0.648. The van der Waals surface area contributed by atoms with Crippen molar-refractivity contribution in [3.8, 4) is 11.3 Å². The highest BCUT2D eigenvalue weighted by atomic mass is 16.1. The van der Waals surface area contributed by atoms with Crippen LogP contribution >= 0.6 is 0 Å². The van der Waals surface area contributed by atoms with Crippen molar-refractivity contribution >= 4 is 0 Å². The number of nitrogens with one attached hydrogen (secondary N) is 1. The zero-order valence-corrected chi connectivity index (χ0v) is 12.6. The number of benzene rings is 1. The summed E-state index contributed by atoms with van der Waals surface area (Å²) in [5, 5.41) is 7.77. The van der Waals surface area contributed by atoms with Crippen LogP contribution in [0.4, 0.5) is 0 Å². The van der Waals surface area contributed by atoms with Gasteiger partial charge < -0.3 is 5.32 Å². The van der Waals surface area contributed by atoms with Crippen molar-refractivity contribution in [3.63, 3.8) is 0 Å². The second-order valence-electron chi connectivity index (χ2n) is 5.69. The Balaban J connectivity index is 1.91. The predicted molar refractivity (Wildman–Crippen MR) is 84.2 cm³/mol. The minimum absolute atomic E-state index is 0.0166. The standard InChI is InChI=1S/C17H21N3O/c1-3-12-4-6-13(7-5-12)16-10-14(11-18-15-8-9-15)17(21)20(2)19-16/h4-7,10,15,18H,3,8-9,11H2,1-2H3. The molecule has 0 unspecified atom stereocenters. The van der Waals surface area contributed by atoms with Crippen molar-refractivity contribution in [2.45, 2.75) is 38.8 Å². The molecular formula is C17H21N3O. The molecule has 0 radical (unpaired) electrons. The second kappa shape index (κ2) is 5.82. The van der Waals surface area contributed by atoms with Gasteiger partial charge in [0.25, 0.3) is 5.56 Å². The molecule has 4 nitrogen and oxygen atoms in total. The summed E-state index contributed by atoms with van der Waals surface area (Å²) in [5.41, 5.74) is 3.98. The van der Waals surface area contributed by atoms with Gasteiger partial charge in [0, 0.05) is 30.8 Å². The Hall–Kier alpha value is -1.94. The van der Waals surface area contributed by atoms with Crippen LogP contribution in [-0.2, 0) is 20.0 Å². The fourth-order valence-electron chi connectivity index (χ4n) is 2.39. The summed E-state index contributed by atoms with van der Waals surface area (Å²) in [4.78, 5) is 12.1. The van der Waals surface area contributed by atoms with Gasteiger partial charge in [0.1, 0.15) is 0 Å². The molecule has 1 N–H and O–H groups in total. The van der Waals surface area contributed by atoms with Crippen LogP contribution in [0, 0.1) is 0 Å². The molecule has 0 bridgehead atoms. The van der Waals surface area contributed by atoms with Gasteiger partial charge in [-0.2, -0.15) is 5.10 Å². The first-order chi connectivity index (χ1) is 10.2. The highest BCUT2D eigenvalue weighted by Crippen LogP contribution is 2.20. The van der Waals surface area contributed by atoms with Crippen molar-refractivity contribution < 1.29 is 0 Å². The van der Waals surface area contributed by atoms with Gasteiger partial charge in [-0.3, -0.25) is 4.79 Å². The molecule has 1 aliphatic carbocycles. The summed E-state index contributed by atoms with van der Waals surface area (Å²) in [6, 6.07) is 10.9. The Morgan fingerprint density at radius 3 is 2.62 bits per heavy atom. The quantitative estimate of drug-likeness (QED) is 0.915. The molecule has 3 rings (SSSR count). The Kier molecular flexibility index (Phi) is 3.88. The van der Waals surface area contributed by atoms with Crippen molar-refractivity contribution in [1.29, 1.82) is 0 Å². The van der Waals surface area contributed by atoms with Crippen molar-refractivity contribution in [3.05, 3.63) is 51.8 Å². The Labute approximate surface area is 124 Å². The van der Waals surface area contributed by atoms with Gasteiger partial charge in [-0.05, 0) is 30.9 Å². The van der Waals surface area contributed by atoms with Gasteiger partial charge in [0.15, 0.2) is 0 Å². The lowest BCUT2D eigenvalue weighted by Gasteiger charge is -2.09. The minimum Gasteiger partial charge on any atom is -0.310 e. The zero-order valence-electron chi connectivity index (χ0n) is 12.6. The number of hydrogen-bond acceptors (Lipinski definition) is 3. The SMILES string of the molecule is CCc1ccc(-c2cc(CNC3CC3)c(=O)n(C)n2)cc1. The minimum atomic E-state index is -0.0166. The Morgan fingerprint density at radius 1 is 1.29 bits per heavy atom. The van der Waals surface area contributed by atoms with Gasteiger partial charge in [0.05, 0.1) is 5.69 Å². The van der Waals surface area contributed by atoms with Crippen LogP contribution in [0.25, 0.3) is 11.3 Å². The number of aromatic nitrogens is 2. The summed E-state index contributed by atoms with van der Waals surface area (Å²) in [5.74, 6) is 0. The van der Waals surface area contributed by atoms with Gasteiger partial charge >= 0.3 is 0 Å². The van der Waals surface area contributed by atoms with Gasteiger partial charge in [-0.25, -0.2) is 4.68 Å². The molecule has 1 fully saturated rings. The van der Waals surface area contributed by atoms with Crippen LogP contribution in [0.1, 0.15) is 30.9 Å². The average molecular weight is 283 g/mol. The molecule has 0 saturated heterocycles. The van der Waals surface area contributed by atoms with E-state index in [1.165, 1.54) is 23.1 Å². The number of nitrogens with zero attached hydrogens (tertiary/aromatic N) is 2. The third kappa shape index (κ3) is 3.22. The molecule has 0 spiro atoms. The molecule has 4 heteroatoms. The molecule has 2 aromatic rings. The summed E-state index contributed by atoms with van der Waals surface area (Å²) in [6.45, 7) is 2.76. The highest BCUT2D eigenvalue weighted by Gasteiger charge is 2.20. The number of aryl methyl sites for hydroxylation is 2. The topological polar surface area (TPSA) is 46.9 Å². The average Bonchev–Trinajstić information content (AvgIpc) is 3.33. The fourth-order valence-corrected chi connectivity index (χ4v) is 2.39. The monoisotopic (exact) mass is 283 g/mol. The molecule has 0 amide bonds.